The van der Waals surface area contributed by atoms with E-state index in [9.17, 15) is 15.3 Å². The average molecular weight is 265 g/mol. The van der Waals surface area contributed by atoms with Crippen LogP contribution < -0.4 is 5.73 Å². The molecule has 1 aliphatic carbocycles. The maximum Gasteiger partial charge on any atom is 0.165 e. The Labute approximate surface area is 108 Å². The molecule has 2 aromatic rings. The Hall–Kier alpha value is -1.77. The van der Waals surface area contributed by atoms with Crippen LogP contribution in [0.5, 0.6) is 0 Å². The normalized spacial score (nSPS) is 31.1. The van der Waals surface area contributed by atoms with E-state index in [2.05, 4.69) is 15.0 Å². The largest absolute Gasteiger partial charge is 0.393 e. The minimum Gasteiger partial charge on any atom is -0.393 e. The first-order valence-electron chi connectivity index (χ1n) is 6.01. The molecule has 0 aliphatic heterocycles. The molecule has 5 N–H and O–H groups in total. The Bertz CT molecular complexity index is 615. The minimum absolute atomic E-state index is 0.272. The lowest BCUT2D eigenvalue weighted by Gasteiger charge is -2.26. The van der Waals surface area contributed by atoms with E-state index in [0.717, 1.165) is 0 Å². The lowest BCUT2D eigenvalue weighted by atomic mass is 10.0. The summed E-state index contributed by atoms with van der Waals surface area (Å²) in [4.78, 5) is 12.1. The highest BCUT2D eigenvalue weighted by atomic mass is 16.4. The van der Waals surface area contributed by atoms with Crippen LogP contribution in [0, 0.1) is 0 Å². The molecule has 0 unspecified atom stereocenters. The molecule has 3 atom stereocenters. The maximum atomic E-state index is 10.2. The molecule has 102 valence electrons. The Balaban J connectivity index is 2.05. The van der Waals surface area contributed by atoms with Gasteiger partial charge in [-0.3, -0.25) is 0 Å². The van der Waals surface area contributed by atoms with Gasteiger partial charge in [0.1, 0.15) is 23.5 Å². The van der Waals surface area contributed by atoms with Gasteiger partial charge in [0.2, 0.25) is 0 Å². The Morgan fingerprint density at radius 1 is 1.42 bits per heavy atom. The van der Waals surface area contributed by atoms with Gasteiger partial charge in [-0.25, -0.2) is 15.0 Å². The van der Waals surface area contributed by atoms with E-state index in [-0.39, 0.29) is 5.82 Å². The molecule has 1 aliphatic rings. The van der Waals surface area contributed by atoms with Gasteiger partial charge in [0.15, 0.2) is 11.5 Å². The highest BCUT2D eigenvalue weighted by Gasteiger charge is 2.47. The first-order valence-corrected chi connectivity index (χ1v) is 6.01. The Morgan fingerprint density at radius 3 is 2.89 bits per heavy atom. The van der Waals surface area contributed by atoms with Crippen LogP contribution in [0.2, 0.25) is 0 Å². The molecule has 0 aromatic carbocycles. The molecule has 1 fully saturated rings. The predicted molar refractivity (Wildman–Crippen MR) is 66.0 cm³/mol. The molecule has 19 heavy (non-hydrogen) atoms. The fraction of sp³-hybridized carbons (Fsp3) is 0.545. The number of imidazole rings is 1. The number of aliphatic hydroxyl groups is 3. The van der Waals surface area contributed by atoms with Crippen molar-refractivity contribution >= 4 is 17.0 Å². The first kappa shape index (κ1) is 12.3. The fourth-order valence-corrected chi connectivity index (χ4v) is 2.64. The van der Waals surface area contributed by atoms with Crippen LogP contribution >= 0.6 is 0 Å². The molecule has 2 heterocycles. The number of aromatic nitrogens is 4. The maximum absolute atomic E-state index is 10.2. The molecule has 0 saturated heterocycles. The van der Waals surface area contributed by atoms with Gasteiger partial charge in [0, 0.05) is 0 Å². The Morgan fingerprint density at radius 2 is 2.21 bits per heavy atom. The zero-order chi connectivity index (χ0) is 13.6. The van der Waals surface area contributed by atoms with E-state index < -0.39 is 24.4 Å². The summed E-state index contributed by atoms with van der Waals surface area (Å²) in [5.74, 6) is 0.272. The first-order chi connectivity index (χ1) is 9.07. The summed E-state index contributed by atoms with van der Waals surface area (Å²) in [6, 6.07) is -0.392. The number of rotatable bonds is 2. The van der Waals surface area contributed by atoms with Gasteiger partial charge in [0.05, 0.1) is 19.0 Å². The van der Waals surface area contributed by atoms with E-state index in [4.69, 9.17) is 5.73 Å². The summed E-state index contributed by atoms with van der Waals surface area (Å²) in [7, 11) is 0. The van der Waals surface area contributed by atoms with Crippen molar-refractivity contribution < 1.29 is 15.3 Å². The number of fused-ring (bicyclic) bond motifs is 1. The molecular formula is C11H15N5O3. The van der Waals surface area contributed by atoms with Crippen molar-refractivity contribution in [3.05, 3.63) is 12.7 Å². The van der Waals surface area contributed by atoms with Crippen LogP contribution in [-0.4, -0.2) is 53.2 Å². The lowest BCUT2D eigenvalue weighted by molar-refractivity contribution is -0.0943. The van der Waals surface area contributed by atoms with Crippen LogP contribution in [0.1, 0.15) is 18.9 Å². The number of aliphatic hydroxyl groups excluding tert-OH is 2. The number of nitrogen functional groups attached to an aromatic ring is 1. The van der Waals surface area contributed by atoms with Crippen LogP contribution in [0.3, 0.4) is 0 Å². The summed E-state index contributed by atoms with van der Waals surface area (Å²) in [5, 5.41) is 29.4. The summed E-state index contributed by atoms with van der Waals surface area (Å²) in [6.07, 6.45) is 2.61. The molecule has 0 spiro atoms. The number of hydrogen-bond acceptors (Lipinski definition) is 7. The SMILES string of the molecule is Nc1ncnc2c1ncn2[C@@H]1CC[C@](O)(CO)[C@H]1O. The smallest absolute Gasteiger partial charge is 0.165 e. The van der Waals surface area contributed by atoms with Crippen molar-refractivity contribution in [1.82, 2.24) is 19.5 Å². The molecule has 2 aromatic heterocycles. The topological polar surface area (TPSA) is 130 Å². The van der Waals surface area contributed by atoms with Crippen molar-refractivity contribution in [2.45, 2.75) is 30.6 Å². The third-order valence-corrected chi connectivity index (χ3v) is 3.81. The number of nitrogens with two attached hydrogens (primary N) is 1. The van der Waals surface area contributed by atoms with Crippen LogP contribution in [-0.2, 0) is 0 Å². The number of hydrogen-bond donors (Lipinski definition) is 4. The van der Waals surface area contributed by atoms with Crippen molar-refractivity contribution in [2.24, 2.45) is 0 Å². The van der Waals surface area contributed by atoms with Gasteiger partial charge in [-0.05, 0) is 12.8 Å². The molecule has 8 nitrogen and oxygen atoms in total. The second-order valence-corrected chi connectivity index (χ2v) is 4.90. The molecule has 0 bridgehead atoms. The van der Waals surface area contributed by atoms with Crippen molar-refractivity contribution in [1.29, 1.82) is 0 Å². The van der Waals surface area contributed by atoms with Gasteiger partial charge >= 0.3 is 0 Å². The van der Waals surface area contributed by atoms with Gasteiger partial charge in [-0.1, -0.05) is 0 Å². The monoisotopic (exact) mass is 265 g/mol. The van der Waals surface area contributed by atoms with E-state index in [1.54, 1.807) is 4.57 Å². The second kappa shape index (κ2) is 4.12. The standard InChI is InChI=1S/C11H15N5O3/c12-9-7-10(14-4-13-9)16(5-15-7)6-1-2-11(19,3-17)8(6)18/h4-6,8,17-19H,1-3H2,(H2,12,13,14)/t6-,8+,11+/m1/s1. The molecule has 3 rings (SSSR count). The van der Waals surface area contributed by atoms with E-state index in [1.807, 2.05) is 0 Å². The lowest BCUT2D eigenvalue weighted by Crippen LogP contribution is -2.43. The number of nitrogens with zero attached hydrogens (tertiary/aromatic N) is 4. The molecule has 8 heteroatoms. The van der Waals surface area contributed by atoms with Crippen molar-refractivity contribution in [3.63, 3.8) is 0 Å². The van der Waals surface area contributed by atoms with Crippen molar-refractivity contribution in [2.75, 3.05) is 12.3 Å². The minimum atomic E-state index is -1.47. The summed E-state index contributed by atoms with van der Waals surface area (Å²) in [5.41, 5.74) is 5.21. The third-order valence-electron chi connectivity index (χ3n) is 3.81. The zero-order valence-corrected chi connectivity index (χ0v) is 10.1. The van der Waals surface area contributed by atoms with Gasteiger partial charge in [-0.2, -0.15) is 0 Å². The fourth-order valence-electron chi connectivity index (χ4n) is 2.64. The summed E-state index contributed by atoms with van der Waals surface area (Å²) < 4.78 is 1.67. The Kier molecular flexibility index (Phi) is 2.66. The molecule has 0 amide bonds. The summed E-state index contributed by atoms with van der Waals surface area (Å²) in [6.45, 7) is -0.478. The van der Waals surface area contributed by atoms with Gasteiger partial charge < -0.3 is 25.6 Å². The van der Waals surface area contributed by atoms with Crippen LogP contribution in [0.4, 0.5) is 5.82 Å². The van der Waals surface area contributed by atoms with Gasteiger partial charge in [0.25, 0.3) is 0 Å². The molecule has 1 saturated carbocycles. The summed E-state index contributed by atoms with van der Waals surface area (Å²) >= 11 is 0. The van der Waals surface area contributed by atoms with E-state index in [0.29, 0.717) is 24.0 Å². The molecular weight excluding hydrogens is 250 g/mol. The zero-order valence-electron chi connectivity index (χ0n) is 10.1. The average Bonchev–Trinajstić information content (AvgIpc) is 2.95. The molecule has 0 radical (unpaired) electrons. The third kappa shape index (κ3) is 1.68. The van der Waals surface area contributed by atoms with E-state index >= 15 is 0 Å². The van der Waals surface area contributed by atoms with Crippen LogP contribution in [0.15, 0.2) is 12.7 Å². The number of anilines is 1. The van der Waals surface area contributed by atoms with Gasteiger partial charge in [-0.15, -0.1) is 0 Å². The van der Waals surface area contributed by atoms with Crippen LogP contribution in [0.25, 0.3) is 11.2 Å². The highest BCUT2D eigenvalue weighted by Crippen LogP contribution is 2.39. The second-order valence-electron chi connectivity index (χ2n) is 4.90. The predicted octanol–water partition coefficient (Wildman–Crippen LogP) is -1.17. The van der Waals surface area contributed by atoms with Crippen molar-refractivity contribution in [3.8, 4) is 0 Å². The quantitative estimate of drug-likeness (QED) is 0.538. The van der Waals surface area contributed by atoms with E-state index in [1.165, 1.54) is 12.7 Å². The highest BCUT2D eigenvalue weighted by molar-refractivity contribution is 5.81.